The Bertz CT molecular complexity index is 823. The number of aromatic nitrogens is 5. The third-order valence-electron chi connectivity index (χ3n) is 3.03. The molecule has 0 radical (unpaired) electrons. The van der Waals surface area contributed by atoms with E-state index in [1.54, 1.807) is 29.5 Å². The number of fused-ring (bicyclic) bond motifs is 1. The number of anilines is 2. The van der Waals surface area contributed by atoms with Crippen LogP contribution in [-0.2, 0) is 4.79 Å². The van der Waals surface area contributed by atoms with Crippen LogP contribution in [-0.4, -0.2) is 44.2 Å². The Kier molecular flexibility index (Phi) is 3.45. The van der Waals surface area contributed by atoms with Crippen molar-refractivity contribution in [3.05, 3.63) is 29.9 Å². The lowest BCUT2D eigenvalue weighted by Gasteiger charge is -2.19. The number of aryl methyl sites for hydroxylation is 2. The lowest BCUT2D eigenvalue weighted by atomic mass is 10.4. The second-order valence-electron chi connectivity index (χ2n) is 4.95. The van der Waals surface area contributed by atoms with E-state index < -0.39 is 0 Å². The van der Waals surface area contributed by atoms with Crippen LogP contribution >= 0.6 is 0 Å². The van der Waals surface area contributed by atoms with Gasteiger partial charge in [0.15, 0.2) is 5.82 Å². The summed E-state index contributed by atoms with van der Waals surface area (Å²) < 4.78 is 6.49. The molecule has 3 aromatic rings. The van der Waals surface area contributed by atoms with Gasteiger partial charge in [-0.3, -0.25) is 4.79 Å². The number of rotatable bonds is 4. The Morgan fingerprint density at radius 3 is 2.95 bits per heavy atom. The Hall–Kier alpha value is -2.97. The molecule has 0 aliphatic carbocycles. The van der Waals surface area contributed by atoms with Crippen LogP contribution in [0.3, 0.4) is 0 Å². The number of hydrogen-bond acceptors (Lipinski definition) is 7. The van der Waals surface area contributed by atoms with Gasteiger partial charge in [0.05, 0.1) is 6.54 Å². The lowest BCUT2D eigenvalue weighted by molar-refractivity contribution is -0.115. The quantitative estimate of drug-likeness (QED) is 0.760. The van der Waals surface area contributed by atoms with Crippen molar-refractivity contribution in [1.29, 1.82) is 0 Å². The monoisotopic (exact) mass is 301 g/mol. The van der Waals surface area contributed by atoms with Crippen LogP contribution in [0.1, 0.15) is 11.5 Å². The van der Waals surface area contributed by atoms with Crippen molar-refractivity contribution in [3.8, 4) is 0 Å². The first-order chi connectivity index (χ1) is 10.5. The number of carbonyl (C=O) groups excluding carboxylic acids is 1. The maximum absolute atomic E-state index is 12.1. The summed E-state index contributed by atoms with van der Waals surface area (Å²) in [6, 6.07) is 3.50. The molecule has 1 N–H and O–H groups in total. The second kappa shape index (κ2) is 5.43. The van der Waals surface area contributed by atoms with Gasteiger partial charge in [0, 0.05) is 24.9 Å². The largest absolute Gasteiger partial charge is 0.360 e. The van der Waals surface area contributed by atoms with Crippen molar-refractivity contribution in [2.45, 2.75) is 13.8 Å². The van der Waals surface area contributed by atoms with E-state index in [1.165, 1.54) is 6.33 Å². The Labute approximate surface area is 125 Å². The molecule has 9 heteroatoms. The van der Waals surface area contributed by atoms with Gasteiger partial charge in [0.1, 0.15) is 17.9 Å². The highest BCUT2D eigenvalue weighted by Crippen LogP contribution is 2.14. The van der Waals surface area contributed by atoms with Crippen LogP contribution in [0.5, 0.6) is 0 Å². The molecular weight excluding hydrogens is 286 g/mol. The van der Waals surface area contributed by atoms with Gasteiger partial charge in [0.2, 0.25) is 5.91 Å². The van der Waals surface area contributed by atoms with Gasteiger partial charge in [-0.1, -0.05) is 5.16 Å². The molecule has 0 aromatic carbocycles. The predicted molar refractivity (Wildman–Crippen MR) is 78.7 cm³/mol. The highest BCUT2D eigenvalue weighted by Gasteiger charge is 2.14. The van der Waals surface area contributed by atoms with Gasteiger partial charge in [-0.15, -0.1) is 0 Å². The predicted octanol–water partition coefficient (Wildman–Crippen LogP) is 0.804. The van der Waals surface area contributed by atoms with Gasteiger partial charge in [-0.25, -0.2) is 4.98 Å². The number of amides is 1. The van der Waals surface area contributed by atoms with E-state index in [4.69, 9.17) is 4.52 Å². The summed E-state index contributed by atoms with van der Waals surface area (Å²) in [5.74, 6) is 2.05. The minimum absolute atomic E-state index is 0.129. The molecule has 22 heavy (non-hydrogen) atoms. The van der Waals surface area contributed by atoms with Crippen LogP contribution in [0.4, 0.5) is 11.6 Å². The Morgan fingerprint density at radius 2 is 2.23 bits per heavy atom. The van der Waals surface area contributed by atoms with Crippen molar-refractivity contribution in [2.24, 2.45) is 0 Å². The van der Waals surface area contributed by atoms with Crippen molar-refractivity contribution in [3.63, 3.8) is 0 Å². The van der Waals surface area contributed by atoms with Gasteiger partial charge in [-0.05, 0) is 13.8 Å². The summed E-state index contributed by atoms with van der Waals surface area (Å²) in [6.07, 6.45) is 1.43. The fourth-order valence-electron chi connectivity index (χ4n) is 2.09. The van der Waals surface area contributed by atoms with Gasteiger partial charge in [0.25, 0.3) is 5.78 Å². The molecule has 0 unspecified atom stereocenters. The number of nitrogens with zero attached hydrogens (tertiary/aromatic N) is 6. The van der Waals surface area contributed by atoms with E-state index in [1.807, 2.05) is 13.0 Å². The van der Waals surface area contributed by atoms with Crippen LogP contribution < -0.4 is 10.2 Å². The normalized spacial score (nSPS) is 10.9. The van der Waals surface area contributed by atoms with E-state index in [0.717, 1.165) is 11.5 Å². The number of nitrogens with one attached hydrogen (secondary N) is 1. The van der Waals surface area contributed by atoms with Crippen molar-refractivity contribution in [1.82, 2.24) is 24.7 Å². The second-order valence-corrected chi connectivity index (χ2v) is 4.95. The zero-order valence-corrected chi connectivity index (χ0v) is 12.4. The first kappa shape index (κ1) is 14.0. The van der Waals surface area contributed by atoms with Crippen molar-refractivity contribution < 1.29 is 9.32 Å². The molecule has 9 nitrogen and oxygen atoms in total. The molecule has 3 heterocycles. The molecule has 0 spiro atoms. The molecule has 0 fully saturated rings. The summed E-state index contributed by atoms with van der Waals surface area (Å²) in [7, 11) is 1.80. The SMILES string of the molecule is Cc1cc(N(C)CC(=O)Nc2cc(C)on2)n2ncnc2n1. The highest BCUT2D eigenvalue weighted by molar-refractivity contribution is 5.93. The molecule has 0 bridgehead atoms. The zero-order valence-electron chi connectivity index (χ0n) is 12.4. The molecule has 1 amide bonds. The molecule has 114 valence electrons. The van der Waals surface area contributed by atoms with E-state index in [-0.39, 0.29) is 12.5 Å². The first-order valence-corrected chi connectivity index (χ1v) is 6.64. The van der Waals surface area contributed by atoms with Crippen molar-refractivity contribution in [2.75, 3.05) is 23.8 Å². The summed E-state index contributed by atoms with van der Waals surface area (Å²) in [5, 5.41) is 10.5. The summed E-state index contributed by atoms with van der Waals surface area (Å²) >= 11 is 0. The molecule has 0 aliphatic rings. The van der Waals surface area contributed by atoms with E-state index in [9.17, 15) is 4.79 Å². The maximum Gasteiger partial charge on any atom is 0.254 e. The van der Waals surface area contributed by atoms with Crippen LogP contribution in [0.15, 0.2) is 23.0 Å². The summed E-state index contributed by atoms with van der Waals surface area (Å²) in [4.78, 5) is 22.2. The molecule has 3 aromatic heterocycles. The minimum atomic E-state index is -0.210. The average Bonchev–Trinajstić information content (AvgIpc) is 3.06. The molecule has 0 aliphatic heterocycles. The standard InChI is InChI=1S/C13H15N7O2/c1-8-4-12(20-13(16-8)14-7-15-20)19(3)6-11(21)17-10-5-9(2)22-18-10/h4-5,7H,6H2,1-3H3,(H,17,18,21). The van der Waals surface area contributed by atoms with E-state index in [0.29, 0.717) is 17.4 Å². The third kappa shape index (κ3) is 2.73. The molecule has 0 atom stereocenters. The molecular formula is C13H15N7O2. The lowest BCUT2D eigenvalue weighted by Crippen LogP contribution is -2.31. The summed E-state index contributed by atoms with van der Waals surface area (Å²) in [5.41, 5.74) is 0.801. The smallest absolute Gasteiger partial charge is 0.254 e. The van der Waals surface area contributed by atoms with Crippen LogP contribution in [0, 0.1) is 13.8 Å². The third-order valence-corrected chi connectivity index (χ3v) is 3.03. The maximum atomic E-state index is 12.1. The minimum Gasteiger partial charge on any atom is -0.360 e. The fourth-order valence-corrected chi connectivity index (χ4v) is 2.09. The zero-order chi connectivity index (χ0) is 15.7. The van der Waals surface area contributed by atoms with E-state index >= 15 is 0 Å². The topological polar surface area (TPSA) is 101 Å². The molecule has 0 saturated carbocycles. The van der Waals surface area contributed by atoms with Gasteiger partial charge in [-0.2, -0.15) is 14.6 Å². The van der Waals surface area contributed by atoms with Crippen LogP contribution in [0.2, 0.25) is 0 Å². The highest BCUT2D eigenvalue weighted by atomic mass is 16.5. The Balaban J connectivity index is 1.76. The van der Waals surface area contributed by atoms with Gasteiger partial charge < -0.3 is 14.7 Å². The van der Waals surface area contributed by atoms with Gasteiger partial charge >= 0.3 is 0 Å². The van der Waals surface area contributed by atoms with Crippen molar-refractivity contribution >= 4 is 23.3 Å². The number of likely N-dealkylation sites (N-methyl/N-ethyl adjacent to an activating group) is 1. The molecule has 0 saturated heterocycles. The van der Waals surface area contributed by atoms with E-state index in [2.05, 4.69) is 25.5 Å². The first-order valence-electron chi connectivity index (χ1n) is 6.64. The average molecular weight is 301 g/mol. The van der Waals surface area contributed by atoms with Crippen LogP contribution in [0.25, 0.3) is 5.78 Å². The number of hydrogen-bond donors (Lipinski definition) is 1. The Morgan fingerprint density at radius 1 is 1.41 bits per heavy atom. The molecule has 3 rings (SSSR count). The number of carbonyl (C=O) groups is 1. The summed E-state index contributed by atoms with van der Waals surface area (Å²) in [6.45, 7) is 3.75. The fraction of sp³-hybridized carbons (Fsp3) is 0.308.